The van der Waals surface area contributed by atoms with Crippen molar-refractivity contribution in [3.05, 3.63) is 96.6 Å². The zero-order valence-electron chi connectivity index (χ0n) is 15.2. The zero-order chi connectivity index (χ0) is 19.2. The monoisotopic (exact) mass is 391 g/mol. The number of aliphatic hydroxyl groups is 1. The molecule has 0 fully saturated rings. The van der Waals surface area contributed by atoms with Crippen molar-refractivity contribution in [2.75, 3.05) is 6.61 Å². The maximum atomic E-state index is 9.29. The van der Waals surface area contributed by atoms with Crippen LogP contribution in [-0.4, -0.2) is 11.7 Å². The SMILES string of the molecule is C[C@@](C#CCO)(NP(=S)(c1ccccc1)c1ccccc1)c1ccccc1. The lowest BCUT2D eigenvalue weighted by Gasteiger charge is -2.35. The van der Waals surface area contributed by atoms with Crippen LogP contribution < -0.4 is 15.7 Å². The Balaban J connectivity index is 2.16. The Bertz CT molecular complexity index is 937. The molecule has 2 nitrogen and oxygen atoms in total. The van der Waals surface area contributed by atoms with E-state index in [1.807, 2.05) is 73.7 Å². The molecule has 4 heteroatoms. The van der Waals surface area contributed by atoms with Gasteiger partial charge in [0.05, 0.1) is 6.19 Å². The maximum Gasteiger partial charge on any atom is 0.107 e. The fourth-order valence-corrected chi connectivity index (χ4v) is 6.85. The summed E-state index contributed by atoms with van der Waals surface area (Å²) >= 11 is 6.30. The molecule has 0 radical (unpaired) electrons. The van der Waals surface area contributed by atoms with Gasteiger partial charge in [0.1, 0.15) is 12.1 Å². The Morgan fingerprint density at radius 2 is 1.30 bits per heavy atom. The summed E-state index contributed by atoms with van der Waals surface area (Å²) in [6.07, 6.45) is -2.35. The lowest BCUT2D eigenvalue weighted by atomic mass is 9.94. The molecule has 27 heavy (non-hydrogen) atoms. The summed E-state index contributed by atoms with van der Waals surface area (Å²) in [4.78, 5) is 0. The van der Waals surface area contributed by atoms with E-state index in [0.29, 0.717) is 0 Å². The highest BCUT2D eigenvalue weighted by Gasteiger charge is 2.33. The van der Waals surface area contributed by atoms with Gasteiger partial charge in [-0.1, -0.05) is 115 Å². The standard InChI is InChI=1S/C23H22NOPS/c1-23(18-11-19-25,20-12-5-2-6-13-20)24-26(27,21-14-7-3-8-15-21)22-16-9-4-10-17-22/h2-10,12-17,25H,19H2,1H3,(H,24,27)/t23-/m0/s1. The third-order valence-electron chi connectivity index (χ3n) is 4.39. The Morgan fingerprint density at radius 1 is 0.852 bits per heavy atom. The number of rotatable bonds is 5. The maximum absolute atomic E-state index is 9.29. The van der Waals surface area contributed by atoms with Gasteiger partial charge in [-0.15, -0.1) is 0 Å². The topological polar surface area (TPSA) is 32.3 Å². The first kappa shape index (κ1) is 19.5. The predicted octanol–water partition coefficient (Wildman–Crippen LogP) is 3.53. The van der Waals surface area contributed by atoms with Crippen molar-refractivity contribution in [2.45, 2.75) is 12.5 Å². The summed E-state index contributed by atoms with van der Waals surface area (Å²) < 4.78 is 0. The molecule has 3 aromatic carbocycles. The Kier molecular flexibility index (Phi) is 6.26. The quantitative estimate of drug-likeness (QED) is 0.516. The van der Waals surface area contributed by atoms with E-state index in [0.717, 1.165) is 16.2 Å². The van der Waals surface area contributed by atoms with Gasteiger partial charge in [-0.2, -0.15) is 0 Å². The Labute approximate surface area is 166 Å². The van der Waals surface area contributed by atoms with Crippen LogP contribution >= 0.6 is 6.19 Å². The number of aliphatic hydroxyl groups excluding tert-OH is 1. The van der Waals surface area contributed by atoms with Gasteiger partial charge >= 0.3 is 0 Å². The van der Waals surface area contributed by atoms with E-state index < -0.39 is 11.7 Å². The van der Waals surface area contributed by atoms with Gasteiger partial charge < -0.3 is 5.11 Å². The van der Waals surface area contributed by atoms with Crippen molar-refractivity contribution in [1.82, 2.24) is 5.09 Å². The van der Waals surface area contributed by atoms with Gasteiger partial charge in [-0.05, 0) is 12.5 Å². The third-order valence-corrected chi connectivity index (χ3v) is 8.74. The molecule has 1 atom stereocenters. The molecule has 0 spiro atoms. The fraction of sp³-hybridized carbons (Fsp3) is 0.130. The first-order valence-electron chi connectivity index (χ1n) is 8.76. The lowest BCUT2D eigenvalue weighted by molar-refractivity contribution is 0.350. The van der Waals surface area contributed by atoms with Crippen LogP contribution in [0.4, 0.5) is 0 Å². The first-order chi connectivity index (χ1) is 13.1. The van der Waals surface area contributed by atoms with Crippen LogP contribution in [0, 0.1) is 11.8 Å². The summed E-state index contributed by atoms with van der Waals surface area (Å²) in [5.41, 5.74) is 0.331. The first-order valence-corrected chi connectivity index (χ1v) is 11.6. The molecule has 0 unspecified atom stereocenters. The summed E-state index contributed by atoms with van der Waals surface area (Å²) in [6, 6.07) is 30.4. The van der Waals surface area contributed by atoms with E-state index in [4.69, 9.17) is 11.8 Å². The summed E-state index contributed by atoms with van der Waals surface area (Å²) in [5, 5.41) is 15.2. The number of benzene rings is 3. The van der Waals surface area contributed by atoms with Crippen LogP contribution in [0.25, 0.3) is 0 Å². The van der Waals surface area contributed by atoms with Gasteiger partial charge in [0.25, 0.3) is 0 Å². The van der Waals surface area contributed by atoms with E-state index in [9.17, 15) is 5.11 Å². The molecule has 0 aliphatic carbocycles. The molecule has 3 aromatic rings. The van der Waals surface area contributed by atoms with Crippen molar-refractivity contribution < 1.29 is 5.11 Å². The predicted molar refractivity (Wildman–Crippen MR) is 118 cm³/mol. The van der Waals surface area contributed by atoms with Crippen LogP contribution in [0.1, 0.15) is 12.5 Å². The van der Waals surface area contributed by atoms with Crippen molar-refractivity contribution in [2.24, 2.45) is 0 Å². The molecule has 3 rings (SSSR count). The molecule has 0 bridgehead atoms. The van der Waals surface area contributed by atoms with Gasteiger partial charge in [-0.3, -0.25) is 5.09 Å². The van der Waals surface area contributed by atoms with Crippen LogP contribution in [0.5, 0.6) is 0 Å². The molecule has 0 saturated carbocycles. The average Bonchev–Trinajstić information content (AvgIpc) is 2.74. The van der Waals surface area contributed by atoms with Crippen molar-refractivity contribution in [3.63, 3.8) is 0 Å². The smallest absolute Gasteiger partial charge is 0.107 e. The van der Waals surface area contributed by atoms with Crippen LogP contribution in [0.15, 0.2) is 91.0 Å². The van der Waals surface area contributed by atoms with Crippen LogP contribution in [0.2, 0.25) is 0 Å². The van der Waals surface area contributed by atoms with E-state index in [1.165, 1.54) is 0 Å². The van der Waals surface area contributed by atoms with Gasteiger partial charge in [-0.25, -0.2) is 0 Å². The van der Waals surface area contributed by atoms with Crippen molar-refractivity contribution in [3.8, 4) is 11.8 Å². The minimum absolute atomic E-state index is 0.191. The largest absolute Gasteiger partial charge is 0.384 e. The zero-order valence-corrected chi connectivity index (χ0v) is 16.9. The fourth-order valence-electron chi connectivity index (χ4n) is 3.02. The molecule has 0 heterocycles. The van der Waals surface area contributed by atoms with E-state index in [2.05, 4.69) is 41.2 Å². The van der Waals surface area contributed by atoms with Gasteiger partial charge in [0, 0.05) is 10.6 Å². The molecule has 0 aliphatic heterocycles. The highest BCUT2D eigenvalue weighted by molar-refractivity contribution is 8.20. The molecule has 0 amide bonds. The van der Waals surface area contributed by atoms with Crippen molar-refractivity contribution >= 4 is 28.6 Å². The van der Waals surface area contributed by atoms with Crippen molar-refractivity contribution in [1.29, 1.82) is 0 Å². The molecule has 2 N–H and O–H groups in total. The minimum Gasteiger partial charge on any atom is -0.384 e. The van der Waals surface area contributed by atoms with E-state index in [1.54, 1.807) is 0 Å². The summed E-state index contributed by atoms with van der Waals surface area (Å²) in [7, 11) is 0. The molecular formula is C23H22NOPS. The molecule has 0 aliphatic rings. The second kappa shape index (κ2) is 8.65. The highest BCUT2D eigenvalue weighted by Crippen LogP contribution is 2.43. The van der Waals surface area contributed by atoms with E-state index >= 15 is 0 Å². The summed E-state index contributed by atoms with van der Waals surface area (Å²) in [5.74, 6) is 6.03. The van der Waals surface area contributed by atoms with Gasteiger partial charge in [0.2, 0.25) is 0 Å². The normalized spacial score (nSPS) is 13.3. The second-order valence-corrected chi connectivity index (χ2v) is 10.5. The minimum atomic E-state index is -2.35. The number of nitrogens with one attached hydrogen (secondary N) is 1. The van der Waals surface area contributed by atoms with Crippen LogP contribution in [-0.2, 0) is 17.3 Å². The van der Waals surface area contributed by atoms with Gasteiger partial charge in [0.15, 0.2) is 0 Å². The van der Waals surface area contributed by atoms with E-state index in [-0.39, 0.29) is 6.61 Å². The Morgan fingerprint density at radius 3 is 1.74 bits per heavy atom. The number of hydrogen-bond acceptors (Lipinski definition) is 2. The molecule has 136 valence electrons. The highest BCUT2D eigenvalue weighted by atomic mass is 32.4. The summed E-state index contributed by atoms with van der Waals surface area (Å²) in [6.45, 7) is 1.83. The lowest BCUT2D eigenvalue weighted by Crippen LogP contribution is -2.41. The average molecular weight is 391 g/mol. The third kappa shape index (κ3) is 4.38. The molecular weight excluding hydrogens is 369 g/mol. The number of hydrogen-bond donors (Lipinski definition) is 2. The van der Waals surface area contributed by atoms with Crippen LogP contribution in [0.3, 0.4) is 0 Å². The Hall–Kier alpha value is -2.21. The second-order valence-electron chi connectivity index (χ2n) is 6.34. The molecule has 0 saturated heterocycles. The molecule has 0 aromatic heterocycles.